The van der Waals surface area contributed by atoms with E-state index in [1.54, 1.807) is 37.5 Å². The molecular formula is C30H35FN4O6S. The number of pyridine rings is 1. The predicted octanol–water partition coefficient (Wildman–Crippen LogP) is 3.60. The number of nitrogens with zero attached hydrogens (tertiary/aromatic N) is 3. The molecule has 224 valence electrons. The zero-order valence-electron chi connectivity index (χ0n) is 24.0. The van der Waals surface area contributed by atoms with Gasteiger partial charge in [0, 0.05) is 51.2 Å². The molecule has 2 amide bonds. The Labute approximate surface area is 245 Å². The van der Waals surface area contributed by atoms with Crippen LogP contribution < -0.4 is 9.46 Å². The Balaban J connectivity index is 1.65. The molecule has 12 heteroatoms. The Morgan fingerprint density at radius 1 is 1.14 bits per heavy atom. The number of ether oxygens (including phenoxy) is 2. The van der Waals surface area contributed by atoms with Crippen LogP contribution >= 0.6 is 0 Å². The van der Waals surface area contributed by atoms with Crippen LogP contribution in [0.1, 0.15) is 29.8 Å². The van der Waals surface area contributed by atoms with Gasteiger partial charge in [-0.3, -0.25) is 19.3 Å². The maximum absolute atomic E-state index is 13.7. The lowest BCUT2D eigenvalue weighted by atomic mass is 10.0. The summed E-state index contributed by atoms with van der Waals surface area (Å²) in [6.07, 6.45) is 3.09. The standard InChI is InChI=1S/C30H35FN4O6S/c1-20-17-35(29(36)13-22-7-6-12-32-16-22)21(2)19-41-27-11-10-24(15-26(27)30(37)34(3)18-28(20)40-4)33-42(38,39)25-9-5-8-23(31)14-25/h5-12,14-16,20-21,28,33H,13,17-19H2,1-4H3/t20-,21+,28-/m1/s1. The molecular weight excluding hydrogens is 563 g/mol. The summed E-state index contributed by atoms with van der Waals surface area (Å²) >= 11 is 0. The summed E-state index contributed by atoms with van der Waals surface area (Å²) in [5, 5.41) is 0. The van der Waals surface area contributed by atoms with Crippen molar-refractivity contribution in [3.05, 3.63) is 83.9 Å². The van der Waals surface area contributed by atoms with Crippen molar-refractivity contribution in [1.29, 1.82) is 0 Å². The van der Waals surface area contributed by atoms with Gasteiger partial charge < -0.3 is 19.3 Å². The smallest absolute Gasteiger partial charge is 0.261 e. The van der Waals surface area contributed by atoms with Gasteiger partial charge in [-0.1, -0.05) is 19.1 Å². The Bertz CT molecular complexity index is 1520. The van der Waals surface area contributed by atoms with Gasteiger partial charge in [0.1, 0.15) is 18.2 Å². The number of carbonyl (C=O) groups is 2. The van der Waals surface area contributed by atoms with E-state index >= 15 is 0 Å². The van der Waals surface area contributed by atoms with E-state index in [0.717, 1.165) is 17.7 Å². The molecule has 2 heterocycles. The molecule has 1 aliphatic rings. The molecule has 0 saturated carbocycles. The van der Waals surface area contributed by atoms with Crippen LogP contribution in [0.15, 0.2) is 71.9 Å². The number of methoxy groups -OCH3 is 1. The maximum Gasteiger partial charge on any atom is 0.261 e. The largest absolute Gasteiger partial charge is 0.491 e. The van der Waals surface area contributed by atoms with Gasteiger partial charge in [0.2, 0.25) is 5.91 Å². The van der Waals surface area contributed by atoms with E-state index < -0.39 is 27.9 Å². The molecule has 1 aromatic heterocycles. The first kappa shape index (κ1) is 30.9. The van der Waals surface area contributed by atoms with Gasteiger partial charge in [0.25, 0.3) is 15.9 Å². The first-order chi connectivity index (χ1) is 20.0. The second-order valence-corrected chi connectivity index (χ2v) is 12.1. The Morgan fingerprint density at radius 3 is 2.62 bits per heavy atom. The van der Waals surface area contributed by atoms with Gasteiger partial charge in [-0.15, -0.1) is 0 Å². The first-order valence-electron chi connectivity index (χ1n) is 13.5. The quantitative estimate of drug-likeness (QED) is 0.461. The van der Waals surface area contributed by atoms with Crippen molar-refractivity contribution >= 4 is 27.5 Å². The SMILES string of the molecule is CO[C@@H]1CN(C)C(=O)c2cc(NS(=O)(=O)c3cccc(F)c3)ccc2OC[C@H](C)N(C(=O)Cc2cccnc2)C[C@H]1C. The summed E-state index contributed by atoms with van der Waals surface area (Å²) in [4.78, 5) is 34.2. The number of hydrogen-bond acceptors (Lipinski definition) is 7. The highest BCUT2D eigenvalue weighted by molar-refractivity contribution is 7.92. The number of fused-ring (bicyclic) bond motifs is 1. The van der Waals surface area contributed by atoms with Gasteiger partial charge in [-0.2, -0.15) is 0 Å². The molecule has 1 aliphatic heterocycles. The zero-order chi connectivity index (χ0) is 30.4. The fourth-order valence-electron chi connectivity index (χ4n) is 4.81. The minimum atomic E-state index is -4.13. The first-order valence-corrected chi connectivity index (χ1v) is 15.0. The summed E-state index contributed by atoms with van der Waals surface area (Å²) in [5.74, 6) is -1.08. The van der Waals surface area contributed by atoms with Crippen molar-refractivity contribution in [2.24, 2.45) is 5.92 Å². The second-order valence-electron chi connectivity index (χ2n) is 10.5. The van der Waals surface area contributed by atoms with Crippen molar-refractivity contribution < 1.29 is 31.9 Å². The highest BCUT2D eigenvalue weighted by Gasteiger charge is 2.30. The average Bonchev–Trinajstić information content (AvgIpc) is 2.97. The fraction of sp³-hybridized carbons (Fsp3) is 0.367. The predicted molar refractivity (Wildman–Crippen MR) is 155 cm³/mol. The third-order valence-electron chi connectivity index (χ3n) is 7.20. The highest BCUT2D eigenvalue weighted by Crippen LogP contribution is 2.28. The van der Waals surface area contributed by atoms with Crippen molar-refractivity contribution in [3.8, 4) is 5.75 Å². The molecule has 0 fully saturated rings. The molecule has 0 radical (unpaired) electrons. The highest BCUT2D eigenvalue weighted by atomic mass is 32.2. The summed E-state index contributed by atoms with van der Waals surface area (Å²) in [6, 6.07) is 12.3. The van der Waals surface area contributed by atoms with Crippen LogP contribution in [0.2, 0.25) is 0 Å². The molecule has 1 N–H and O–H groups in total. The normalized spacial score (nSPS) is 20.1. The molecule has 3 aromatic rings. The summed E-state index contributed by atoms with van der Waals surface area (Å²) < 4.78 is 53.7. The summed E-state index contributed by atoms with van der Waals surface area (Å²) in [7, 11) is -0.948. The average molecular weight is 599 g/mol. The van der Waals surface area contributed by atoms with Crippen molar-refractivity contribution in [3.63, 3.8) is 0 Å². The molecule has 42 heavy (non-hydrogen) atoms. The van der Waals surface area contributed by atoms with Crippen LogP contribution in [0, 0.1) is 11.7 Å². The number of hydrogen-bond donors (Lipinski definition) is 1. The Hall–Kier alpha value is -4.03. The third kappa shape index (κ3) is 7.42. The summed E-state index contributed by atoms with van der Waals surface area (Å²) in [6.45, 7) is 4.52. The van der Waals surface area contributed by atoms with Gasteiger partial charge >= 0.3 is 0 Å². The van der Waals surface area contributed by atoms with E-state index in [4.69, 9.17) is 9.47 Å². The zero-order valence-corrected chi connectivity index (χ0v) is 24.8. The van der Waals surface area contributed by atoms with Gasteiger partial charge in [-0.25, -0.2) is 12.8 Å². The number of rotatable bonds is 6. The van der Waals surface area contributed by atoms with Gasteiger partial charge in [0.05, 0.1) is 29.0 Å². The number of likely N-dealkylation sites (N-methyl/N-ethyl adjacent to an activating group) is 1. The number of amides is 2. The van der Waals surface area contributed by atoms with Crippen LogP contribution in [0.25, 0.3) is 0 Å². The number of carbonyl (C=O) groups excluding carboxylic acids is 2. The lowest BCUT2D eigenvalue weighted by molar-refractivity contribution is -0.134. The topological polar surface area (TPSA) is 118 Å². The lowest BCUT2D eigenvalue weighted by Crippen LogP contribution is -2.49. The molecule has 2 aromatic carbocycles. The van der Waals surface area contributed by atoms with Gasteiger partial charge in [0.15, 0.2) is 0 Å². The summed E-state index contributed by atoms with van der Waals surface area (Å²) in [5.41, 5.74) is 1.02. The molecule has 0 aliphatic carbocycles. The minimum absolute atomic E-state index is 0.0848. The molecule has 4 rings (SSSR count). The number of benzene rings is 2. The van der Waals surface area contributed by atoms with Gasteiger partial charge in [-0.05, 0) is 55.0 Å². The van der Waals surface area contributed by atoms with E-state index in [9.17, 15) is 22.4 Å². The molecule has 0 bridgehead atoms. The van der Waals surface area contributed by atoms with Crippen molar-refractivity contribution in [2.75, 3.05) is 38.6 Å². The van der Waals surface area contributed by atoms with Crippen LogP contribution in [0.5, 0.6) is 5.75 Å². The molecule has 3 atom stereocenters. The van der Waals surface area contributed by atoms with Crippen molar-refractivity contribution in [1.82, 2.24) is 14.8 Å². The lowest BCUT2D eigenvalue weighted by Gasteiger charge is -2.36. The number of halogens is 1. The molecule has 10 nitrogen and oxygen atoms in total. The van der Waals surface area contributed by atoms with E-state index in [1.807, 2.05) is 19.9 Å². The van der Waals surface area contributed by atoms with Crippen LogP contribution in [0.4, 0.5) is 10.1 Å². The molecule has 0 saturated heterocycles. The number of aromatic nitrogens is 1. The van der Waals surface area contributed by atoms with Crippen molar-refractivity contribution in [2.45, 2.75) is 37.3 Å². The van der Waals surface area contributed by atoms with E-state index in [1.165, 1.54) is 35.2 Å². The van der Waals surface area contributed by atoms with Crippen LogP contribution in [-0.2, 0) is 26.0 Å². The van der Waals surface area contributed by atoms with E-state index in [2.05, 4.69) is 9.71 Å². The minimum Gasteiger partial charge on any atom is -0.491 e. The van der Waals surface area contributed by atoms with E-state index in [-0.39, 0.29) is 59.3 Å². The second kappa shape index (κ2) is 13.3. The maximum atomic E-state index is 13.7. The van der Waals surface area contributed by atoms with Crippen LogP contribution in [0.3, 0.4) is 0 Å². The molecule has 0 unspecified atom stereocenters. The van der Waals surface area contributed by atoms with Crippen LogP contribution in [-0.4, -0.2) is 81.0 Å². The Kier molecular flexibility index (Phi) is 9.79. The van der Waals surface area contributed by atoms with E-state index in [0.29, 0.717) is 6.54 Å². The Morgan fingerprint density at radius 2 is 1.93 bits per heavy atom. The third-order valence-corrected chi connectivity index (χ3v) is 8.58. The molecule has 0 spiro atoms. The number of nitrogens with one attached hydrogen (secondary N) is 1. The monoisotopic (exact) mass is 598 g/mol. The number of anilines is 1. The fourth-order valence-corrected chi connectivity index (χ4v) is 5.90. The number of sulfonamides is 1.